The van der Waals surface area contributed by atoms with Crippen LogP contribution in [0.4, 0.5) is 10.5 Å². The smallest absolute Gasteiger partial charge is 0.322 e. The van der Waals surface area contributed by atoms with Crippen molar-refractivity contribution >= 4 is 17.5 Å². The zero-order valence-electron chi connectivity index (χ0n) is 11.3. The number of aliphatic hydroxyl groups is 1. The number of nitrogens with one attached hydrogen (secondary N) is 1. The molecule has 1 heterocycles. The number of urea groups is 1. The van der Waals surface area contributed by atoms with Gasteiger partial charge in [0.2, 0.25) is 0 Å². The van der Waals surface area contributed by atoms with Crippen molar-refractivity contribution in [1.82, 2.24) is 4.90 Å². The summed E-state index contributed by atoms with van der Waals surface area (Å²) >= 11 is 0. The Morgan fingerprint density at radius 1 is 1.35 bits per heavy atom. The van der Waals surface area contributed by atoms with Crippen LogP contribution < -0.4 is 5.32 Å². The summed E-state index contributed by atoms with van der Waals surface area (Å²) in [5.41, 5.74) is 1.21. The molecule has 0 spiro atoms. The predicted octanol–water partition coefficient (Wildman–Crippen LogP) is 1.11. The number of hydrogen-bond donors (Lipinski definition) is 2. The predicted molar refractivity (Wildman–Crippen MR) is 73.9 cm³/mol. The second kappa shape index (κ2) is 6.49. The van der Waals surface area contributed by atoms with Crippen molar-refractivity contribution in [3.8, 4) is 0 Å². The van der Waals surface area contributed by atoms with E-state index in [1.807, 2.05) is 0 Å². The molecule has 1 fully saturated rings. The average molecular weight is 278 g/mol. The fraction of sp³-hybridized carbons (Fsp3) is 0.429. The first-order valence-electron chi connectivity index (χ1n) is 6.49. The summed E-state index contributed by atoms with van der Waals surface area (Å²) < 4.78 is 5.17. The lowest BCUT2D eigenvalue weighted by atomic mass is 10.1. The molecule has 1 aromatic carbocycles. The Kier molecular flexibility index (Phi) is 4.70. The maximum atomic E-state index is 12.1. The highest BCUT2D eigenvalue weighted by atomic mass is 16.5. The molecule has 2 rings (SSSR count). The standard InChI is InChI=1S/C14H18N2O4/c1-10(17)11-2-4-12(5-3-11)15-14(19)16-6-7-20-9-13(18)8-16/h2-5,13,18H,6-9H2,1H3,(H,15,19)/t13-/m1/s1. The maximum absolute atomic E-state index is 12.1. The molecule has 2 amide bonds. The van der Waals surface area contributed by atoms with Crippen molar-refractivity contribution in [2.75, 3.05) is 31.6 Å². The van der Waals surface area contributed by atoms with Crippen LogP contribution in [0, 0.1) is 0 Å². The summed E-state index contributed by atoms with van der Waals surface area (Å²) in [7, 11) is 0. The summed E-state index contributed by atoms with van der Waals surface area (Å²) in [5, 5.41) is 12.3. The number of β-amino-alcohol motifs (C(OH)–C–C–N with tert-alkyl or cyclic N) is 1. The highest BCUT2D eigenvalue weighted by Gasteiger charge is 2.20. The number of aliphatic hydroxyl groups excluding tert-OH is 1. The topological polar surface area (TPSA) is 78.9 Å². The van der Waals surface area contributed by atoms with Gasteiger partial charge in [-0.15, -0.1) is 0 Å². The van der Waals surface area contributed by atoms with Gasteiger partial charge in [-0.25, -0.2) is 4.79 Å². The molecule has 1 saturated heterocycles. The zero-order valence-corrected chi connectivity index (χ0v) is 11.3. The Balaban J connectivity index is 1.97. The molecule has 0 aliphatic carbocycles. The molecular formula is C14H18N2O4. The third kappa shape index (κ3) is 3.79. The molecule has 0 aromatic heterocycles. The van der Waals surface area contributed by atoms with Crippen LogP contribution in [-0.2, 0) is 4.74 Å². The number of Topliss-reactive ketones (excluding diaryl/α,β-unsaturated/α-hetero) is 1. The minimum atomic E-state index is -0.664. The molecule has 20 heavy (non-hydrogen) atoms. The lowest BCUT2D eigenvalue weighted by Gasteiger charge is -2.21. The second-order valence-corrected chi connectivity index (χ2v) is 4.74. The molecule has 1 aliphatic heterocycles. The molecule has 6 nitrogen and oxygen atoms in total. The summed E-state index contributed by atoms with van der Waals surface area (Å²) in [6.07, 6.45) is -0.664. The molecule has 6 heteroatoms. The largest absolute Gasteiger partial charge is 0.389 e. The summed E-state index contributed by atoms with van der Waals surface area (Å²) in [4.78, 5) is 24.7. The van der Waals surface area contributed by atoms with E-state index in [-0.39, 0.29) is 25.0 Å². The van der Waals surface area contributed by atoms with Gasteiger partial charge in [0.05, 0.1) is 25.9 Å². The van der Waals surface area contributed by atoms with Gasteiger partial charge in [-0.05, 0) is 31.2 Å². The van der Waals surface area contributed by atoms with Crippen LogP contribution >= 0.6 is 0 Å². The highest BCUT2D eigenvalue weighted by molar-refractivity contribution is 5.95. The molecule has 0 bridgehead atoms. The SMILES string of the molecule is CC(=O)c1ccc(NC(=O)N2CCOC[C@H](O)C2)cc1. The Hall–Kier alpha value is -1.92. The summed E-state index contributed by atoms with van der Waals surface area (Å²) in [6.45, 7) is 2.84. The van der Waals surface area contributed by atoms with E-state index >= 15 is 0 Å². The molecular weight excluding hydrogens is 260 g/mol. The second-order valence-electron chi connectivity index (χ2n) is 4.74. The van der Waals surface area contributed by atoms with E-state index in [2.05, 4.69) is 5.32 Å². The average Bonchev–Trinajstić information content (AvgIpc) is 2.64. The number of ketones is 1. The number of ether oxygens (including phenoxy) is 1. The van der Waals surface area contributed by atoms with E-state index in [9.17, 15) is 14.7 Å². The van der Waals surface area contributed by atoms with Crippen LogP contribution in [-0.4, -0.2) is 54.2 Å². The molecule has 108 valence electrons. The number of amides is 2. The van der Waals surface area contributed by atoms with Crippen LogP contribution in [0.2, 0.25) is 0 Å². The monoisotopic (exact) mass is 278 g/mol. The number of benzene rings is 1. The molecule has 1 aliphatic rings. The number of carbonyl (C=O) groups excluding carboxylic acids is 2. The van der Waals surface area contributed by atoms with Crippen LogP contribution in [0.1, 0.15) is 17.3 Å². The number of anilines is 1. The molecule has 0 radical (unpaired) electrons. The van der Waals surface area contributed by atoms with E-state index < -0.39 is 6.10 Å². The highest BCUT2D eigenvalue weighted by Crippen LogP contribution is 2.11. The van der Waals surface area contributed by atoms with Gasteiger partial charge in [-0.2, -0.15) is 0 Å². The third-order valence-electron chi connectivity index (χ3n) is 3.08. The van der Waals surface area contributed by atoms with Gasteiger partial charge in [0.25, 0.3) is 0 Å². The normalized spacial score (nSPS) is 19.3. The lowest BCUT2D eigenvalue weighted by Crippen LogP contribution is -2.40. The first-order valence-corrected chi connectivity index (χ1v) is 6.49. The van der Waals surface area contributed by atoms with E-state index in [1.54, 1.807) is 24.3 Å². The van der Waals surface area contributed by atoms with Crippen molar-refractivity contribution in [2.24, 2.45) is 0 Å². The molecule has 1 atom stereocenters. The summed E-state index contributed by atoms with van der Waals surface area (Å²) in [6, 6.07) is 6.40. The van der Waals surface area contributed by atoms with E-state index in [1.165, 1.54) is 11.8 Å². The minimum Gasteiger partial charge on any atom is -0.389 e. The van der Waals surface area contributed by atoms with Crippen LogP contribution in [0.25, 0.3) is 0 Å². The van der Waals surface area contributed by atoms with Gasteiger partial charge in [-0.3, -0.25) is 4.79 Å². The lowest BCUT2D eigenvalue weighted by molar-refractivity contribution is 0.0575. The van der Waals surface area contributed by atoms with E-state index in [0.29, 0.717) is 24.4 Å². The molecule has 2 N–H and O–H groups in total. The molecule has 0 saturated carbocycles. The van der Waals surface area contributed by atoms with Gasteiger partial charge >= 0.3 is 6.03 Å². The van der Waals surface area contributed by atoms with Crippen molar-refractivity contribution < 1.29 is 19.4 Å². The number of rotatable bonds is 2. The van der Waals surface area contributed by atoms with Crippen molar-refractivity contribution in [2.45, 2.75) is 13.0 Å². The van der Waals surface area contributed by atoms with E-state index in [4.69, 9.17) is 4.74 Å². The van der Waals surface area contributed by atoms with Gasteiger partial charge < -0.3 is 20.1 Å². The van der Waals surface area contributed by atoms with Crippen LogP contribution in [0.3, 0.4) is 0 Å². The van der Waals surface area contributed by atoms with Crippen LogP contribution in [0.15, 0.2) is 24.3 Å². The Morgan fingerprint density at radius 2 is 2.05 bits per heavy atom. The minimum absolute atomic E-state index is 0.0179. The first kappa shape index (κ1) is 14.5. The van der Waals surface area contributed by atoms with Gasteiger partial charge in [0.15, 0.2) is 5.78 Å². The number of nitrogens with zero attached hydrogens (tertiary/aromatic N) is 1. The van der Waals surface area contributed by atoms with Gasteiger partial charge in [-0.1, -0.05) is 0 Å². The number of hydrogen-bond acceptors (Lipinski definition) is 4. The van der Waals surface area contributed by atoms with Crippen molar-refractivity contribution in [3.05, 3.63) is 29.8 Å². The van der Waals surface area contributed by atoms with E-state index in [0.717, 1.165) is 0 Å². The Morgan fingerprint density at radius 3 is 2.70 bits per heavy atom. The van der Waals surface area contributed by atoms with Crippen LogP contribution in [0.5, 0.6) is 0 Å². The first-order chi connectivity index (χ1) is 9.56. The Labute approximate surface area is 117 Å². The molecule has 1 aromatic rings. The van der Waals surface area contributed by atoms with Gasteiger partial charge in [0.1, 0.15) is 0 Å². The quantitative estimate of drug-likeness (QED) is 0.794. The molecule has 0 unspecified atom stereocenters. The fourth-order valence-electron chi connectivity index (χ4n) is 1.97. The number of carbonyl (C=O) groups is 2. The van der Waals surface area contributed by atoms with Crippen molar-refractivity contribution in [3.63, 3.8) is 0 Å². The zero-order chi connectivity index (χ0) is 14.5. The fourth-order valence-corrected chi connectivity index (χ4v) is 1.97. The van der Waals surface area contributed by atoms with Crippen molar-refractivity contribution in [1.29, 1.82) is 0 Å². The maximum Gasteiger partial charge on any atom is 0.322 e. The Bertz CT molecular complexity index is 486. The third-order valence-corrected chi connectivity index (χ3v) is 3.08. The van der Waals surface area contributed by atoms with Gasteiger partial charge in [0, 0.05) is 17.8 Å². The summed E-state index contributed by atoms with van der Waals surface area (Å²) in [5.74, 6) is -0.0179.